The summed E-state index contributed by atoms with van der Waals surface area (Å²) in [5, 5.41) is 14.8. The van der Waals surface area contributed by atoms with E-state index in [9.17, 15) is 5.11 Å². The topological polar surface area (TPSA) is 64.1 Å². The maximum atomic E-state index is 10.2. The van der Waals surface area contributed by atoms with Crippen LogP contribution in [0.1, 0.15) is 57.2 Å². The van der Waals surface area contributed by atoms with Crippen molar-refractivity contribution in [1.82, 2.24) is 9.78 Å². The minimum Gasteiger partial charge on any atom is -0.388 e. The van der Waals surface area contributed by atoms with E-state index < -0.39 is 5.60 Å². The summed E-state index contributed by atoms with van der Waals surface area (Å²) in [7, 11) is 0. The van der Waals surface area contributed by atoms with Crippen molar-refractivity contribution in [3.05, 3.63) is 18.0 Å². The molecule has 1 heterocycles. The number of rotatable bonds is 5. The monoisotopic (exact) mass is 251 g/mol. The van der Waals surface area contributed by atoms with Gasteiger partial charge in [-0.1, -0.05) is 26.2 Å². The Kier molecular flexibility index (Phi) is 4.40. The van der Waals surface area contributed by atoms with Crippen LogP contribution in [-0.4, -0.2) is 27.0 Å². The molecule has 0 saturated heterocycles. The van der Waals surface area contributed by atoms with E-state index in [1.54, 1.807) is 0 Å². The molecule has 0 amide bonds. The summed E-state index contributed by atoms with van der Waals surface area (Å²) in [4.78, 5) is 0. The van der Waals surface area contributed by atoms with Crippen molar-refractivity contribution in [3.8, 4) is 0 Å². The lowest BCUT2D eigenvalue weighted by Gasteiger charge is -2.24. The van der Waals surface area contributed by atoms with E-state index in [4.69, 9.17) is 5.73 Å². The normalized spacial score (nSPS) is 20.8. The molecule has 1 aliphatic rings. The molecule has 1 aromatic rings. The second-order valence-electron chi connectivity index (χ2n) is 5.54. The number of hydrogen-bond donors (Lipinski definition) is 2. The van der Waals surface area contributed by atoms with Crippen LogP contribution < -0.4 is 5.73 Å². The van der Waals surface area contributed by atoms with Crippen LogP contribution >= 0.6 is 0 Å². The lowest BCUT2D eigenvalue weighted by molar-refractivity contribution is 0.0444. The second-order valence-corrected chi connectivity index (χ2v) is 5.54. The molecular weight excluding hydrogens is 226 g/mol. The molecule has 18 heavy (non-hydrogen) atoms. The maximum Gasteiger partial charge on any atom is 0.0822 e. The first kappa shape index (κ1) is 13.6. The molecule has 0 spiro atoms. The Hall–Kier alpha value is -0.870. The van der Waals surface area contributed by atoms with Gasteiger partial charge in [0.2, 0.25) is 0 Å². The molecule has 4 heteroatoms. The van der Waals surface area contributed by atoms with E-state index in [1.807, 2.05) is 13.0 Å². The zero-order chi connectivity index (χ0) is 13.0. The highest BCUT2D eigenvalue weighted by molar-refractivity contribution is 5.05. The average molecular weight is 251 g/mol. The van der Waals surface area contributed by atoms with Crippen molar-refractivity contribution in [2.24, 2.45) is 5.73 Å². The molecule has 0 radical (unpaired) electrons. The van der Waals surface area contributed by atoms with Crippen molar-refractivity contribution >= 4 is 0 Å². The third-order valence-corrected chi connectivity index (χ3v) is 4.16. The number of aliphatic hydroxyl groups is 1. The van der Waals surface area contributed by atoms with Crippen LogP contribution in [0.2, 0.25) is 0 Å². The van der Waals surface area contributed by atoms with Gasteiger partial charge in [0.05, 0.1) is 17.3 Å². The Balaban J connectivity index is 2.01. The quantitative estimate of drug-likeness (QED) is 0.841. The molecular formula is C14H25N3O. The number of aromatic nitrogens is 2. The SMILES string of the molecule is CCC(O)(CN)Cc1ccn(C2CCCCC2)n1. The van der Waals surface area contributed by atoms with Gasteiger partial charge in [-0.15, -0.1) is 0 Å². The molecule has 2 rings (SSSR count). The van der Waals surface area contributed by atoms with Gasteiger partial charge in [-0.2, -0.15) is 5.10 Å². The van der Waals surface area contributed by atoms with Crippen molar-refractivity contribution in [3.63, 3.8) is 0 Å². The van der Waals surface area contributed by atoms with Gasteiger partial charge in [0, 0.05) is 19.2 Å². The van der Waals surface area contributed by atoms with Crippen LogP contribution in [0.3, 0.4) is 0 Å². The van der Waals surface area contributed by atoms with Gasteiger partial charge in [-0.25, -0.2) is 0 Å². The zero-order valence-corrected chi connectivity index (χ0v) is 11.3. The molecule has 3 N–H and O–H groups in total. The smallest absolute Gasteiger partial charge is 0.0822 e. The fourth-order valence-corrected chi connectivity index (χ4v) is 2.70. The van der Waals surface area contributed by atoms with Gasteiger partial charge in [0.25, 0.3) is 0 Å². The first-order valence-electron chi connectivity index (χ1n) is 7.13. The van der Waals surface area contributed by atoms with Crippen LogP contribution in [0.4, 0.5) is 0 Å². The fourth-order valence-electron chi connectivity index (χ4n) is 2.70. The van der Waals surface area contributed by atoms with Gasteiger partial charge in [0.1, 0.15) is 0 Å². The summed E-state index contributed by atoms with van der Waals surface area (Å²) in [6, 6.07) is 2.57. The van der Waals surface area contributed by atoms with Crippen molar-refractivity contribution in [1.29, 1.82) is 0 Å². The van der Waals surface area contributed by atoms with E-state index in [-0.39, 0.29) is 0 Å². The molecule has 1 fully saturated rings. The molecule has 1 atom stereocenters. The first-order valence-corrected chi connectivity index (χ1v) is 7.13. The summed E-state index contributed by atoms with van der Waals surface area (Å²) >= 11 is 0. The molecule has 1 saturated carbocycles. The van der Waals surface area contributed by atoms with Gasteiger partial charge < -0.3 is 10.8 Å². The van der Waals surface area contributed by atoms with Gasteiger partial charge in [0.15, 0.2) is 0 Å². The standard InChI is InChI=1S/C14H25N3O/c1-2-14(18,11-15)10-12-8-9-17(16-12)13-6-4-3-5-7-13/h8-9,13,18H,2-7,10-11,15H2,1H3. The summed E-state index contributed by atoms with van der Waals surface area (Å²) in [6.45, 7) is 2.25. The predicted octanol–water partition coefficient (Wildman–Crippen LogP) is 2.03. The number of hydrogen-bond acceptors (Lipinski definition) is 3. The Morgan fingerprint density at radius 2 is 2.17 bits per heavy atom. The van der Waals surface area contributed by atoms with Gasteiger partial charge in [-0.3, -0.25) is 4.68 Å². The van der Waals surface area contributed by atoms with E-state index in [0.29, 0.717) is 25.4 Å². The molecule has 0 bridgehead atoms. The fraction of sp³-hybridized carbons (Fsp3) is 0.786. The largest absolute Gasteiger partial charge is 0.388 e. The minimum atomic E-state index is -0.800. The molecule has 4 nitrogen and oxygen atoms in total. The van der Waals surface area contributed by atoms with Crippen molar-refractivity contribution < 1.29 is 5.11 Å². The van der Waals surface area contributed by atoms with Gasteiger partial charge in [-0.05, 0) is 25.3 Å². The Morgan fingerprint density at radius 1 is 1.44 bits per heavy atom. The maximum absolute atomic E-state index is 10.2. The summed E-state index contributed by atoms with van der Waals surface area (Å²) in [5.74, 6) is 0. The average Bonchev–Trinajstić information content (AvgIpc) is 2.88. The van der Waals surface area contributed by atoms with E-state index in [0.717, 1.165) is 5.69 Å². The van der Waals surface area contributed by atoms with E-state index in [2.05, 4.69) is 16.0 Å². The molecule has 0 aromatic carbocycles. The predicted molar refractivity (Wildman–Crippen MR) is 72.3 cm³/mol. The third kappa shape index (κ3) is 3.12. The number of nitrogens with two attached hydrogens (primary N) is 1. The third-order valence-electron chi connectivity index (χ3n) is 4.16. The number of nitrogens with zero attached hydrogens (tertiary/aromatic N) is 2. The molecule has 102 valence electrons. The highest BCUT2D eigenvalue weighted by atomic mass is 16.3. The highest BCUT2D eigenvalue weighted by Gasteiger charge is 2.25. The lowest BCUT2D eigenvalue weighted by Crippen LogP contribution is -2.39. The van der Waals surface area contributed by atoms with Gasteiger partial charge >= 0.3 is 0 Å². The Morgan fingerprint density at radius 3 is 2.78 bits per heavy atom. The van der Waals surface area contributed by atoms with Crippen molar-refractivity contribution in [2.45, 2.75) is 63.5 Å². The molecule has 1 unspecified atom stereocenters. The summed E-state index contributed by atoms with van der Waals surface area (Å²) < 4.78 is 2.08. The second kappa shape index (κ2) is 5.85. The lowest BCUT2D eigenvalue weighted by atomic mass is 9.95. The van der Waals surface area contributed by atoms with Crippen LogP contribution in [0, 0.1) is 0 Å². The van der Waals surface area contributed by atoms with E-state index in [1.165, 1.54) is 32.1 Å². The Labute approximate surface area is 109 Å². The Bertz CT molecular complexity index is 365. The van der Waals surface area contributed by atoms with Crippen molar-refractivity contribution in [2.75, 3.05) is 6.54 Å². The zero-order valence-electron chi connectivity index (χ0n) is 11.3. The first-order chi connectivity index (χ1) is 8.67. The van der Waals surface area contributed by atoms with E-state index >= 15 is 0 Å². The molecule has 1 aromatic heterocycles. The van der Waals surface area contributed by atoms with Crippen LogP contribution in [0.5, 0.6) is 0 Å². The van der Waals surface area contributed by atoms with Crippen LogP contribution in [-0.2, 0) is 6.42 Å². The summed E-state index contributed by atoms with van der Waals surface area (Å²) in [5.41, 5.74) is 5.78. The minimum absolute atomic E-state index is 0.291. The highest BCUT2D eigenvalue weighted by Crippen LogP contribution is 2.27. The summed E-state index contributed by atoms with van der Waals surface area (Å²) in [6.07, 6.45) is 9.71. The van der Waals surface area contributed by atoms with Crippen LogP contribution in [0.15, 0.2) is 12.3 Å². The molecule has 0 aliphatic heterocycles. The van der Waals surface area contributed by atoms with Crippen LogP contribution in [0.25, 0.3) is 0 Å². The molecule has 1 aliphatic carbocycles.